The fourth-order valence-electron chi connectivity index (χ4n) is 3.18. The average molecular weight is 364 g/mol. The summed E-state index contributed by atoms with van der Waals surface area (Å²) in [6.45, 7) is 2.91. The number of carbonyl (C=O) groups excluding carboxylic acids is 3. The van der Waals surface area contributed by atoms with Crippen LogP contribution in [0.5, 0.6) is 0 Å². The van der Waals surface area contributed by atoms with Crippen LogP contribution in [0.2, 0.25) is 0 Å². The summed E-state index contributed by atoms with van der Waals surface area (Å²) in [4.78, 5) is 36.5. The van der Waals surface area contributed by atoms with Crippen LogP contribution in [0, 0.1) is 12.7 Å². The van der Waals surface area contributed by atoms with E-state index in [2.05, 4.69) is 16.0 Å². The van der Waals surface area contributed by atoms with E-state index in [4.69, 9.17) is 0 Å². The highest BCUT2D eigenvalue weighted by atomic mass is 19.1. The normalized spacial score (nSPS) is 25.9. The van der Waals surface area contributed by atoms with Crippen LogP contribution in [0.1, 0.15) is 17.5 Å². The number of urea groups is 1. The Hall–Kier alpha value is -2.52. The third-order valence-electron chi connectivity index (χ3n) is 4.60. The summed E-state index contributed by atoms with van der Waals surface area (Å²) in [7, 11) is 0. The molecule has 8 nitrogen and oxygen atoms in total. The molecule has 2 aliphatic rings. The highest BCUT2D eigenvalue weighted by molar-refractivity contribution is 6.05. The minimum atomic E-state index is -0.896. The average Bonchev–Trinajstić information content (AvgIpc) is 3.05. The molecule has 26 heavy (non-hydrogen) atoms. The molecule has 9 heteroatoms. The third kappa shape index (κ3) is 4.17. The number of β-amino-alcohol motifs (C(OH)–C–C–N with tert-alkyl or cyclic N) is 1. The lowest BCUT2D eigenvalue weighted by Gasteiger charge is -2.17. The van der Waals surface area contributed by atoms with E-state index in [1.807, 2.05) is 11.0 Å². The molecule has 4 amide bonds. The first-order valence-corrected chi connectivity index (χ1v) is 8.38. The van der Waals surface area contributed by atoms with Crippen molar-refractivity contribution in [3.63, 3.8) is 0 Å². The van der Waals surface area contributed by atoms with Crippen molar-refractivity contribution >= 4 is 17.8 Å². The first kappa shape index (κ1) is 18.3. The van der Waals surface area contributed by atoms with Crippen LogP contribution in [0.4, 0.5) is 9.18 Å². The molecule has 0 aromatic heterocycles. The van der Waals surface area contributed by atoms with Gasteiger partial charge in [0, 0.05) is 19.6 Å². The number of hydrogen-bond acceptors (Lipinski definition) is 5. The van der Waals surface area contributed by atoms with Gasteiger partial charge in [-0.2, -0.15) is 0 Å². The van der Waals surface area contributed by atoms with Gasteiger partial charge in [-0.1, -0.05) is 12.1 Å². The molecule has 140 valence electrons. The zero-order chi connectivity index (χ0) is 18.8. The van der Waals surface area contributed by atoms with E-state index in [1.165, 1.54) is 6.07 Å². The number of nitrogens with zero attached hydrogens (tertiary/aromatic N) is 1. The highest BCUT2D eigenvalue weighted by Gasteiger charge is 2.35. The monoisotopic (exact) mass is 364 g/mol. The standard InChI is InChI=1S/C17H21FN4O4/c1-9-2-3-10(4-11(9)18)6-22-7-13(14(23)8-22)19-15(24)5-12-16(25)21-17(26)20-12/h2-4,12-14,23H,5-8H2,1H3,(H,19,24)(H2,20,21,25,26)/t12-,13-,14+/m0/s1. The summed E-state index contributed by atoms with van der Waals surface area (Å²) >= 11 is 0. The van der Waals surface area contributed by atoms with E-state index in [1.54, 1.807) is 13.0 Å². The van der Waals surface area contributed by atoms with Crippen LogP contribution in [0.15, 0.2) is 18.2 Å². The lowest BCUT2D eigenvalue weighted by Crippen LogP contribution is -2.45. The maximum atomic E-state index is 13.6. The molecule has 0 bridgehead atoms. The second kappa shape index (κ2) is 7.38. The van der Waals surface area contributed by atoms with Gasteiger partial charge in [-0.25, -0.2) is 9.18 Å². The molecule has 0 aliphatic carbocycles. The summed E-state index contributed by atoms with van der Waals surface area (Å²) in [6.07, 6.45) is -0.953. The SMILES string of the molecule is Cc1ccc(CN2C[C@@H](O)[C@@H](NC(=O)C[C@@H]3NC(=O)NC3=O)C2)cc1F. The lowest BCUT2D eigenvalue weighted by molar-refractivity contribution is -0.127. The third-order valence-corrected chi connectivity index (χ3v) is 4.60. The Balaban J connectivity index is 1.51. The second-order valence-corrected chi connectivity index (χ2v) is 6.74. The van der Waals surface area contributed by atoms with Crippen molar-refractivity contribution in [1.29, 1.82) is 0 Å². The molecule has 3 atom stereocenters. The van der Waals surface area contributed by atoms with Gasteiger partial charge in [0.25, 0.3) is 5.91 Å². The molecule has 1 aromatic carbocycles. The number of rotatable bonds is 5. The van der Waals surface area contributed by atoms with Crippen molar-refractivity contribution in [3.8, 4) is 0 Å². The number of imide groups is 1. The number of aliphatic hydroxyl groups is 1. The molecule has 2 heterocycles. The number of aryl methyl sites for hydroxylation is 1. The van der Waals surface area contributed by atoms with Crippen molar-refractivity contribution in [2.45, 2.75) is 38.1 Å². The highest BCUT2D eigenvalue weighted by Crippen LogP contribution is 2.16. The van der Waals surface area contributed by atoms with Gasteiger partial charge in [0.1, 0.15) is 11.9 Å². The van der Waals surface area contributed by atoms with Crippen molar-refractivity contribution in [2.24, 2.45) is 0 Å². The minimum absolute atomic E-state index is 0.191. The van der Waals surface area contributed by atoms with Crippen LogP contribution in [0.25, 0.3) is 0 Å². The molecular formula is C17H21FN4O4. The summed E-state index contributed by atoms with van der Waals surface area (Å²) in [6, 6.07) is 3.00. The molecule has 0 radical (unpaired) electrons. The van der Waals surface area contributed by atoms with E-state index in [9.17, 15) is 23.9 Å². The Morgan fingerprint density at radius 2 is 2.15 bits per heavy atom. The number of likely N-dealkylation sites (tertiary alicyclic amines) is 1. The van der Waals surface area contributed by atoms with Crippen molar-refractivity contribution in [1.82, 2.24) is 20.9 Å². The van der Waals surface area contributed by atoms with Crippen LogP contribution in [0.3, 0.4) is 0 Å². The molecule has 3 rings (SSSR count). The summed E-state index contributed by atoms with van der Waals surface area (Å²) in [5.74, 6) is -1.25. The number of benzene rings is 1. The lowest BCUT2D eigenvalue weighted by atomic mass is 10.1. The predicted octanol–water partition coefficient (Wildman–Crippen LogP) is -0.606. The van der Waals surface area contributed by atoms with E-state index in [-0.39, 0.29) is 12.2 Å². The Bertz CT molecular complexity index is 741. The van der Waals surface area contributed by atoms with E-state index in [0.717, 1.165) is 5.56 Å². The van der Waals surface area contributed by atoms with Crippen molar-refractivity contribution < 1.29 is 23.9 Å². The summed E-state index contributed by atoms with van der Waals surface area (Å²) < 4.78 is 13.6. The maximum Gasteiger partial charge on any atom is 0.322 e. The van der Waals surface area contributed by atoms with Gasteiger partial charge in [-0.3, -0.25) is 19.8 Å². The Morgan fingerprint density at radius 3 is 2.81 bits per heavy atom. The summed E-state index contributed by atoms with van der Waals surface area (Å²) in [5.41, 5.74) is 1.36. The van der Waals surface area contributed by atoms with Crippen LogP contribution >= 0.6 is 0 Å². The van der Waals surface area contributed by atoms with Gasteiger partial charge in [0.15, 0.2) is 0 Å². The van der Waals surface area contributed by atoms with Crippen LogP contribution in [-0.2, 0) is 16.1 Å². The zero-order valence-electron chi connectivity index (χ0n) is 14.3. The number of carbonyl (C=O) groups is 3. The molecule has 1 aromatic rings. The Morgan fingerprint density at radius 1 is 1.38 bits per heavy atom. The molecule has 4 N–H and O–H groups in total. The number of nitrogens with one attached hydrogen (secondary N) is 3. The van der Waals surface area contributed by atoms with Gasteiger partial charge in [-0.15, -0.1) is 0 Å². The Labute approximate surface area is 149 Å². The quantitative estimate of drug-likeness (QED) is 0.521. The van der Waals surface area contributed by atoms with Crippen molar-refractivity contribution in [2.75, 3.05) is 13.1 Å². The van der Waals surface area contributed by atoms with Gasteiger partial charge in [0.2, 0.25) is 5.91 Å². The smallest absolute Gasteiger partial charge is 0.322 e. The second-order valence-electron chi connectivity index (χ2n) is 6.74. The van der Waals surface area contributed by atoms with Gasteiger partial charge in [0.05, 0.1) is 18.6 Å². The number of amides is 4. The zero-order valence-corrected chi connectivity index (χ0v) is 14.3. The summed E-state index contributed by atoms with van der Waals surface area (Å²) in [5, 5.41) is 17.3. The molecular weight excluding hydrogens is 343 g/mol. The molecule has 0 saturated carbocycles. The van der Waals surface area contributed by atoms with Crippen molar-refractivity contribution in [3.05, 3.63) is 35.1 Å². The molecule has 0 spiro atoms. The molecule has 0 unspecified atom stereocenters. The Kier molecular flexibility index (Phi) is 5.19. The van der Waals surface area contributed by atoms with Crippen LogP contribution < -0.4 is 16.0 Å². The topological polar surface area (TPSA) is 111 Å². The van der Waals surface area contributed by atoms with Gasteiger partial charge >= 0.3 is 6.03 Å². The van der Waals surface area contributed by atoms with E-state index < -0.39 is 36.0 Å². The van der Waals surface area contributed by atoms with Gasteiger partial charge in [-0.05, 0) is 24.1 Å². The first-order valence-electron chi connectivity index (χ1n) is 8.38. The minimum Gasteiger partial charge on any atom is -0.390 e. The largest absolute Gasteiger partial charge is 0.390 e. The van der Waals surface area contributed by atoms with Crippen LogP contribution in [-0.4, -0.2) is 59.1 Å². The fraction of sp³-hybridized carbons (Fsp3) is 0.471. The van der Waals surface area contributed by atoms with E-state index in [0.29, 0.717) is 25.2 Å². The number of halogens is 1. The molecule has 2 fully saturated rings. The predicted molar refractivity (Wildman–Crippen MR) is 89.4 cm³/mol. The molecule has 2 saturated heterocycles. The molecule has 2 aliphatic heterocycles. The number of hydrogen-bond donors (Lipinski definition) is 4. The maximum absolute atomic E-state index is 13.6. The fourth-order valence-corrected chi connectivity index (χ4v) is 3.18. The first-order chi connectivity index (χ1) is 12.3. The van der Waals surface area contributed by atoms with Gasteiger partial charge < -0.3 is 15.7 Å². The number of aliphatic hydroxyl groups excluding tert-OH is 1. The van der Waals surface area contributed by atoms with E-state index >= 15 is 0 Å².